The Morgan fingerprint density at radius 2 is 2.00 bits per heavy atom. The first-order valence-electron chi connectivity index (χ1n) is 7.05. The standard InChI is InChI=1S/C15H19F3N2O/c16-15(17,18)14(8-10-19-11-14)13(21)20-9-4-7-12-5-2-1-3-6-12/h1-3,5-6,19H,4,7-11H2,(H,20,21). The zero-order valence-corrected chi connectivity index (χ0v) is 11.7. The second-order valence-corrected chi connectivity index (χ2v) is 5.35. The molecule has 2 rings (SSSR count). The lowest BCUT2D eigenvalue weighted by Gasteiger charge is -2.29. The molecule has 21 heavy (non-hydrogen) atoms. The van der Waals surface area contributed by atoms with Crippen LogP contribution in [0.3, 0.4) is 0 Å². The molecule has 1 aromatic carbocycles. The van der Waals surface area contributed by atoms with E-state index in [-0.39, 0.29) is 26.1 Å². The minimum atomic E-state index is -4.51. The molecule has 1 aromatic rings. The van der Waals surface area contributed by atoms with E-state index in [1.165, 1.54) is 0 Å². The first-order valence-corrected chi connectivity index (χ1v) is 7.05. The summed E-state index contributed by atoms with van der Waals surface area (Å²) in [5.41, 5.74) is -1.15. The lowest BCUT2D eigenvalue weighted by molar-refractivity contribution is -0.216. The third-order valence-electron chi connectivity index (χ3n) is 3.90. The van der Waals surface area contributed by atoms with Crippen LogP contribution in [0, 0.1) is 5.41 Å². The first kappa shape index (κ1) is 15.8. The van der Waals surface area contributed by atoms with Crippen molar-refractivity contribution in [3.63, 3.8) is 0 Å². The van der Waals surface area contributed by atoms with Crippen molar-refractivity contribution in [3.05, 3.63) is 35.9 Å². The maximum atomic E-state index is 13.1. The number of hydrogen-bond donors (Lipinski definition) is 2. The van der Waals surface area contributed by atoms with Gasteiger partial charge >= 0.3 is 6.18 Å². The molecule has 3 nitrogen and oxygen atoms in total. The van der Waals surface area contributed by atoms with Gasteiger partial charge in [0.25, 0.3) is 0 Å². The predicted molar refractivity (Wildman–Crippen MR) is 73.7 cm³/mol. The SMILES string of the molecule is O=C(NCCCc1ccccc1)C1(C(F)(F)F)CCNC1. The number of hydrogen-bond acceptors (Lipinski definition) is 2. The summed E-state index contributed by atoms with van der Waals surface area (Å²) in [4.78, 5) is 12.0. The largest absolute Gasteiger partial charge is 0.404 e. The van der Waals surface area contributed by atoms with Crippen molar-refractivity contribution in [2.24, 2.45) is 5.41 Å². The Balaban J connectivity index is 1.83. The van der Waals surface area contributed by atoms with Gasteiger partial charge in [0.1, 0.15) is 0 Å². The summed E-state index contributed by atoms with van der Waals surface area (Å²) in [5, 5.41) is 5.08. The van der Waals surface area contributed by atoms with Crippen LogP contribution < -0.4 is 10.6 Å². The van der Waals surface area contributed by atoms with Crippen LogP contribution >= 0.6 is 0 Å². The Labute approximate surface area is 121 Å². The summed E-state index contributed by atoms with van der Waals surface area (Å²) in [6, 6.07) is 9.65. The molecular formula is C15H19F3N2O. The van der Waals surface area contributed by atoms with Crippen LogP contribution in [0.15, 0.2) is 30.3 Å². The highest BCUT2D eigenvalue weighted by atomic mass is 19.4. The highest BCUT2D eigenvalue weighted by molar-refractivity contribution is 5.84. The summed E-state index contributed by atoms with van der Waals surface area (Å²) < 4.78 is 39.4. The topological polar surface area (TPSA) is 41.1 Å². The Kier molecular flexibility index (Phi) is 4.88. The number of benzene rings is 1. The van der Waals surface area contributed by atoms with E-state index in [1.54, 1.807) is 0 Å². The normalized spacial score (nSPS) is 22.2. The summed E-state index contributed by atoms with van der Waals surface area (Å²) >= 11 is 0. The van der Waals surface area contributed by atoms with Crippen molar-refractivity contribution in [3.8, 4) is 0 Å². The Morgan fingerprint density at radius 3 is 2.57 bits per heavy atom. The highest BCUT2D eigenvalue weighted by Crippen LogP contribution is 2.43. The molecule has 1 atom stereocenters. The van der Waals surface area contributed by atoms with Gasteiger partial charge in [0.05, 0.1) is 0 Å². The average molecular weight is 300 g/mol. The lowest BCUT2D eigenvalue weighted by Crippen LogP contribution is -2.52. The van der Waals surface area contributed by atoms with Gasteiger partial charge in [0.2, 0.25) is 5.91 Å². The molecule has 2 N–H and O–H groups in total. The van der Waals surface area contributed by atoms with Crippen molar-refractivity contribution in [2.45, 2.75) is 25.4 Å². The minimum absolute atomic E-state index is 0.193. The van der Waals surface area contributed by atoms with Crippen molar-refractivity contribution < 1.29 is 18.0 Å². The fourth-order valence-electron chi connectivity index (χ4n) is 2.56. The molecule has 1 saturated heterocycles. The second kappa shape index (κ2) is 6.47. The third kappa shape index (κ3) is 3.56. The van der Waals surface area contributed by atoms with Crippen molar-refractivity contribution in [2.75, 3.05) is 19.6 Å². The first-order chi connectivity index (χ1) is 9.96. The summed E-state index contributed by atoms with van der Waals surface area (Å²) in [6.07, 6.45) is -3.35. The van der Waals surface area contributed by atoms with Crippen LogP contribution in [0.2, 0.25) is 0 Å². The molecule has 0 bridgehead atoms. The molecule has 116 valence electrons. The smallest absolute Gasteiger partial charge is 0.355 e. The maximum Gasteiger partial charge on any atom is 0.404 e. The zero-order valence-electron chi connectivity index (χ0n) is 11.7. The van der Waals surface area contributed by atoms with E-state index in [0.29, 0.717) is 6.42 Å². The molecular weight excluding hydrogens is 281 g/mol. The monoisotopic (exact) mass is 300 g/mol. The lowest BCUT2D eigenvalue weighted by atomic mass is 9.85. The molecule has 0 saturated carbocycles. The molecule has 1 unspecified atom stereocenters. The van der Waals surface area contributed by atoms with E-state index < -0.39 is 17.5 Å². The van der Waals surface area contributed by atoms with Crippen LogP contribution in [0.25, 0.3) is 0 Å². The number of carbonyl (C=O) groups excluding carboxylic acids is 1. The molecule has 1 aliphatic rings. The van der Waals surface area contributed by atoms with Gasteiger partial charge in [-0.3, -0.25) is 4.79 Å². The number of nitrogens with one attached hydrogen (secondary N) is 2. The van der Waals surface area contributed by atoms with Crippen molar-refractivity contribution >= 4 is 5.91 Å². The molecule has 0 spiro atoms. The van der Waals surface area contributed by atoms with Gasteiger partial charge in [-0.05, 0) is 31.4 Å². The van der Waals surface area contributed by atoms with Crippen molar-refractivity contribution in [1.82, 2.24) is 10.6 Å². The second-order valence-electron chi connectivity index (χ2n) is 5.35. The summed E-state index contributed by atoms with van der Waals surface area (Å²) in [6.45, 7) is 0.142. The molecule has 1 aliphatic heterocycles. The van der Waals surface area contributed by atoms with E-state index in [2.05, 4.69) is 10.6 Å². The maximum absolute atomic E-state index is 13.1. The van der Waals surface area contributed by atoms with E-state index in [4.69, 9.17) is 0 Å². The number of halogens is 3. The van der Waals surface area contributed by atoms with Crippen LogP contribution in [-0.4, -0.2) is 31.7 Å². The van der Waals surface area contributed by atoms with E-state index in [1.807, 2.05) is 30.3 Å². The highest BCUT2D eigenvalue weighted by Gasteiger charge is 2.61. The quantitative estimate of drug-likeness (QED) is 0.819. The Morgan fingerprint density at radius 1 is 1.29 bits per heavy atom. The number of alkyl halides is 3. The Hall–Kier alpha value is -1.56. The Bertz CT molecular complexity index is 468. The fourth-order valence-corrected chi connectivity index (χ4v) is 2.56. The molecule has 0 radical (unpaired) electrons. The molecule has 1 fully saturated rings. The third-order valence-corrected chi connectivity index (χ3v) is 3.90. The van der Waals surface area contributed by atoms with Gasteiger partial charge in [-0.1, -0.05) is 30.3 Å². The van der Waals surface area contributed by atoms with Crippen LogP contribution in [0.4, 0.5) is 13.2 Å². The van der Waals surface area contributed by atoms with Crippen LogP contribution in [0.1, 0.15) is 18.4 Å². The van der Waals surface area contributed by atoms with Gasteiger partial charge in [-0.2, -0.15) is 13.2 Å². The van der Waals surface area contributed by atoms with Gasteiger partial charge in [0.15, 0.2) is 5.41 Å². The number of carbonyl (C=O) groups is 1. The predicted octanol–water partition coefficient (Wildman–Crippen LogP) is 2.28. The van der Waals surface area contributed by atoms with Crippen molar-refractivity contribution in [1.29, 1.82) is 0 Å². The minimum Gasteiger partial charge on any atom is -0.355 e. The molecule has 6 heteroatoms. The zero-order chi connectivity index (χ0) is 15.3. The fraction of sp³-hybridized carbons (Fsp3) is 0.533. The molecule has 1 amide bonds. The van der Waals surface area contributed by atoms with Crippen LogP contribution in [-0.2, 0) is 11.2 Å². The average Bonchev–Trinajstić information content (AvgIpc) is 2.95. The number of aryl methyl sites for hydroxylation is 1. The van der Waals surface area contributed by atoms with Gasteiger partial charge in [0, 0.05) is 13.1 Å². The molecule has 0 aliphatic carbocycles. The van der Waals surface area contributed by atoms with E-state index in [0.717, 1.165) is 12.0 Å². The van der Waals surface area contributed by atoms with Crippen LogP contribution in [0.5, 0.6) is 0 Å². The van der Waals surface area contributed by atoms with Gasteiger partial charge in [-0.25, -0.2) is 0 Å². The van der Waals surface area contributed by atoms with Gasteiger partial charge < -0.3 is 10.6 Å². The summed E-state index contributed by atoms with van der Waals surface area (Å²) in [5.74, 6) is -0.909. The molecule has 1 heterocycles. The summed E-state index contributed by atoms with van der Waals surface area (Å²) in [7, 11) is 0. The van der Waals surface area contributed by atoms with E-state index in [9.17, 15) is 18.0 Å². The van der Waals surface area contributed by atoms with Gasteiger partial charge in [-0.15, -0.1) is 0 Å². The van der Waals surface area contributed by atoms with E-state index >= 15 is 0 Å². The number of amides is 1. The number of rotatable bonds is 5. The molecule has 0 aromatic heterocycles.